The maximum absolute atomic E-state index is 2.51. The van der Waals surface area contributed by atoms with Crippen LogP contribution in [0.25, 0.3) is 0 Å². The molecule has 1 rings (SSSR count). The molecule has 1 aliphatic carbocycles. The minimum Gasteiger partial charge on any atom is -0.0654 e. The highest BCUT2D eigenvalue weighted by Crippen LogP contribution is 2.50. The number of rotatable bonds is 7. The average Bonchev–Trinajstić information content (AvgIpc) is 2.15. The van der Waals surface area contributed by atoms with Crippen LogP contribution in [0.15, 0.2) is 0 Å². The Morgan fingerprint density at radius 3 is 2.47 bits per heavy atom. The molecular formula is C15H30. The maximum atomic E-state index is 2.51. The van der Waals surface area contributed by atoms with Crippen LogP contribution >= 0.6 is 0 Å². The largest absolute Gasteiger partial charge is 0.0654 e. The molecule has 1 atom stereocenters. The van der Waals surface area contributed by atoms with Crippen molar-refractivity contribution in [3.8, 4) is 0 Å². The first kappa shape index (κ1) is 13.1. The van der Waals surface area contributed by atoms with E-state index in [9.17, 15) is 0 Å². The summed E-state index contributed by atoms with van der Waals surface area (Å²) < 4.78 is 0. The fraction of sp³-hybridized carbons (Fsp3) is 1.00. The van der Waals surface area contributed by atoms with E-state index in [-0.39, 0.29) is 0 Å². The van der Waals surface area contributed by atoms with Crippen LogP contribution < -0.4 is 0 Å². The van der Waals surface area contributed by atoms with Gasteiger partial charge >= 0.3 is 0 Å². The summed E-state index contributed by atoms with van der Waals surface area (Å²) in [5, 5.41) is 0. The highest BCUT2D eigenvalue weighted by Gasteiger charge is 2.38. The molecule has 0 amide bonds. The lowest BCUT2D eigenvalue weighted by molar-refractivity contribution is 0.0552. The van der Waals surface area contributed by atoms with E-state index < -0.39 is 0 Å². The molecule has 0 heteroatoms. The summed E-state index contributed by atoms with van der Waals surface area (Å²) in [4.78, 5) is 0. The average molecular weight is 210 g/mol. The number of hydrogen-bond acceptors (Lipinski definition) is 0. The van der Waals surface area contributed by atoms with Crippen LogP contribution in [0, 0.1) is 17.3 Å². The first-order valence-corrected chi connectivity index (χ1v) is 7.09. The molecule has 0 aromatic heterocycles. The molecule has 0 radical (unpaired) electrons. The van der Waals surface area contributed by atoms with Gasteiger partial charge in [0, 0.05) is 0 Å². The van der Waals surface area contributed by atoms with E-state index >= 15 is 0 Å². The van der Waals surface area contributed by atoms with Gasteiger partial charge in [-0.05, 0) is 36.5 Å². The van der Waals surface area contributed by atoms with Crippen LogP contribution in [0.2, 0.25) is 0 Å². The predicted molar refractivity (Wildman–Crippen MR) is 69.0 cm³/mol. The van der Waals surface area contributed by atoms with Crippen molar-refractivity contribution < 1.29 is 0 Å². The van der Waals surface area contributed by atoms with Gasteiger partial charge in [-0.25, -0.2) is 0 Å². The molecule has 0 heterocycles. The Bertz CT molecular complexity index is 165. The molecule has 0 bridgehead atoms. The third-order valence-corrected chi connectivity index (χ3v) is 4.43. The topological polar surface area (TPSA) is 0 Å². The Balaban J connectivity index is 2.07. The van der Waals surface area contributed by atoms with Crippen LogP contribution in [-0.2, 0) is 0 Å². The second kappa shape index (κ2) is 5.92. The molecule has 0 nitrogen and oxygen atoms in total. The summed E-state index contributed by atoms with van der Waals surface area (Å²) in [7, 11) is 0. The lowest BCUT2D eigenvalue weighted by Crippen LogP contribution is -2.34. The van der Waals surface area contributed by atoms with E-state index in [1.807, 2.05) is 0 Å². The molecule has 0 aliphatic heterocycles. The molecule has 1 saturated carbocycles. The second-order valence-electron chi connectivity index (χ2n) is 6.28. The van der Waals surface area contributed by atoms with Gasteiger partial charge in [-0.15, -0.1) is 0 Å². The summed E-state index contributed by atoms with van der Waals surface area (Å²) in [5.41, 5.74) is 0.729. The van der Waals surface area contributed by atoms with Crippen molar-refractivity contribution in [1.29, 1.82) is 0 Å². The van der Waals surface area contributed by atoms with Crippen LogP contribution in [0.4, 0.5) is 0 Å². The summed E-state index contributed by atoms with van der Waals surface area (Å²) in [6, 6.07) is 0. The third kappa shape index (κ3) is 4.17. The van der Waals surface area contributed by atoms with Crippen LogP contribution in [0.5, 0.6) is 0 Å². The van der Waals surface area contributed by atoms with E-state index in [0.717, 1.165) is 17.3 Å². The smallest absolute Gasteiger partial charge is 0.0321 e. The molecule has 0 aromatic carbocycles. The Hall–Kier alpha value is 0. The van der Waals surface area contributed by atoms with Crippen molar-refractivity contribution in [3.05, 3.63) is 0 Å². The van der Waals surface area contributed by atoms with Gasteiger partial charge in [0.15, 0.2) is 0 Å². The van der Waals surface area contributed by atoms with E-state index in [1.165, 1.54) is 51.4 Å². The zero-order valence-electron chi connectivity index (χ0n) is 11.3. The monoisotopic (exact) mass is 210 g/mol. The Labute approximate surface area is 96.8 Å². The highest BCUT2D eigenvalue weighted by atomic mass is 14.4. The Morgan fingerprint density at radius 2 is 1.93 bits per heavy atom. The van der Waals surface area contributed by atoms with Crippen molar-refractivity contribution in [2.75, 3.05) is 0 Å². The van der Waals surface area contributed by atoms with Crippen molar-refractivity contribution in [2.45, 2.75) is 79.1 Å². The van der Waals surface area contributed by atoms with Crippen molar-refractivity contribution in [2.24, 2.45) is 17.3 Å². The van der Waals surface area contributed by atoms with Gasteiger partial charge in [-0.1, -0.05) is 59.8 Å². The summed E-state index contributed by atoms with van der Waals surface area (Å²) in [6.45, 7) is 9.53. The van der Waals surface area contributed by atoms with Gasteiger partial charge < -0.3 is 0 Å². The van der Waals surface area contributed by atoms with Gasteiger partial charge in [0.2, 0.25) is 0 Å². The van der Waals surface area contributed by atoms with Crippen LogP contribution in [0.3, 0.4) is 0 Å². The SMILES string of the molecule is CCCC1CC(C)(CCCC(C)CC)C1. The highest BCUT2D eigenvalue weighted by molar-refractivity contribution is 4.89. The first-order valence-electron chi connectivity index (χ1n) is 7.09. The summed E-state index contributed by atoms with van der Waals surface area (Å²) in [5.74, 6) is 2.02. The van der Waals surface area contributed by atoms with Gasteiger partial charge in [0.05, 0.1) is 0 Å². The molecular weight excluding hydrogens is 180 g/mol. The molecule has 1 aliphatic rings. The Morgan fingerprint density at radius 1 is 1.27 bits per heavy atom. The molecule has 0 N–H and O–H groups in total. The minimum atomic E-state index is 0.729. The van der Waals surface area contributed by atoms with Gasteiger partial charge in [-0.2, -0.15) is 0 Å². The van der Waals surface area contributed by atoms with E-state index in [0.29, 0.717) is 0 Å². The zero-order chi connectivity index (χ0) is 11.3. The molecule has 0 aromatic rings. The molecule has 1 fully saturated rings. The maximum Gasteiger partial charge on any atom is -0.0321 e. The van der Waals surface area contributed by atoms with Crippen LogP contribution in [0.1, 0.15) is 79.1 Å². The molecule has 90 valence electrons. The van der Waals surface area contributed by atoms with Gasteiger partial charge in [0.25, 0.3) is 0 Å². The lowest BCUT2D eigenvalue weighted by atomic mass is 9.60. The quantitative estimate of drug-likeness (QED) is 0.526. The standard InChI is InChI=1S/C15H30/c1-5-8-14-11-15(4,12-14)10-7-9-13(3)6-2/h13-14H,5-12H2,1-4H3. The second-order valence-corrected chi connectivity index (χ2v) is 6.28. The third-order valence-electron chi connectivity index (χ3n) is 4.43. The molecule has 15 heavy (non-hydrogen) atoms. The van der Waals surface area contributed by atoms with E-state index in [2.05, 4.69) is 27.7 Å². The fourth-order valence-electron chi connectivity index (χ4n) is 3.23. The van der Waals surface area contributed by atoms with Crippen molar-refractivity contribution in [1.82, 2.24) is 0 Å². The molecule has 0 saturated heterocycles. The minimum absolute atomic E-state index is 0.729. The summed E-state index contributed by atoms with van der Waals surface area (Å²) in [6.07, 6.45) is 11.6. The number of hydrogen-bond donors (Lipinski definition) is 0. The van der Waals surface area contributed by atoms with Crippen molar-refractivity contribution >= 4 is 0 Å². The van der Waals surface area contributed by atoms with E-state index in [1.54, 1.807) is 0 Å². The first-order chi connectivity index (χ1) is 7.09. The molecule has 1 unspecified atom stereocenters. The van der Waals surface area contributed by atoms with Gasteiger partial charge in [0.1, 0.15) is 0 Å². The van der Waals surface area contributed by atoms with Crippen LogP contribution in [-0.4, -0.2) is 0 Å². The fourth-order valence-corrected chi connectivity index (χ4v) is 3.23. The zero-order valence-corrected chi connectivity index (χ0v) is 11.3. The van der Waals surface area contributed by atoms with Crippen molar-refractivity contribution in [3.63, 3.8) is 0 Å². The van der Waals surface area contributed by atoms with Gasteiger partial charge in [-0.3, -0.25) is 0 Å². The van der Waals surface area contributed by atoms with E-state index in [4.69, 9.17) is 0 Å². The molecule has 0 spiro atoms. The predicted octanol–water partition coefficient (Wildman–Crippen LogP) is 5.42. The Kier molecular flexibility index (Phi) is 5.15. The summed E-state index contributed by atoms with van der Waals surface area (Å²) >= 11 is 0. The normalized spacial score (nSPS) is 32.4. The lowest BCUT2D eigenvalue weighted by Gasteiger charge is -2.46.